The van der Waals surface area contributed by atoms with Crippen LogP contribution >= 0.6 is 0 Å². The summed E-state index contributed by atoms with van der Waals surface area (Å²) in [6, 6.07) is 21.9. The molecule has 0 unspecified atom stereocenters. The first-order valence-corrected chi connectivity index (χ1v) is 12.1. The number of rotatable bonds is 7. The van der Waals surface area contributed by atoms with Gasteiger partial charge in [-0.3, -0.25) is 9.59 Å². The quantitative estimate of drug-likeness (QED) is 0.322. The van der Waals surface area contributed by atoms with E-state index in [4.69, 9.17) is 9.47 Å². The number of nitrogens with one attached hydrogen (secondary N) is 2. The first-order valence-electron chi connectivity index (χ1n) is 12.1. The van der Waals surface area contributed by atoms with Crippen LogP contribution in [-0.4, -0.2) is 23.3 Å². The van der Waals surface area contributed by atoms with Crippen LogP contribution in [0.3, 0.4) is 0 Å². The summed E-state index contributed by atoms with van der Waals surface area (Å²) >= 11 is 0. The van der Waals surface area contributed by atoms with Crippen LogP contribution < -0.4 is 15.4 Å². The van der Waals surface area contributed by atoms with Gasteiger partial charge in [-0.05, 0) is 69.3 Å². The van der Waals surface area contributed by atoms with E-state index < -0.39 is 5.97 Å². The van der Waals surface area contributed by atoms with E-state index in [9.17, 15) is 14.4 Å². The van der Waals surface area contributed by atoms with Gasteiger partial charge in [-0.15, -0.1) is 0 Å². The Morgan fingerprint density at radius 1 is 0.763 bits per heavy atom. The van der Waals surface area contributed by atoms with Crippen molar-refractivity contribution in [2.45, 2.75) is 26.4 Å². The van der Waals surface area contributed by atoms with E-state index >= 15 is 0 Å². The lowest BCUT2D eigenvalue weighted by Gasteiger charge is -2.21. The molecule has 0 saturated heterocycles. The van der Waals surface area contributed by atoms with Crippen LogP contribution in [0.2, 0.25) is 0 Å². The molecule has 1 amide bonds. The summed E-state index contributed by atoms with van der Waals surface area (Å²) < 4.78 is 11.4. The van der Waals surface area contributed by atoms with Crippen LogP contribution in [0, 0.1) is 0 Å². The van der Waals surface area contributed by atoms with Crippen molar-refractivity contribution >= 4 is 17.7 Å². The molecule has 0 saturated carbocycles. The van der Waals surface area contributed by atoms with Gasteiger partial charge in [0.1, 0.15) is 17.0 Å². The molecule has 4 rings (SSSR count). The van der Waals surface area contributed by atoms with Gasteiger partial charge in [-0.25, -0.2) is 4.79 Å². The molecule has 0 aromatic heterocycles. The lowest BCUT2D eigenvalue weighted by molar-refractivity contribution is 0.0626. The minimum Gasteiger partial charge on any atom is -0.488 e. The van der Waals surface area contributed by atoms with E-state index in [-0.39, 0.29) is 34.3 Å². The summed E-state index contributed by atoms with van der Waals surface area (Å²) in [6.45, 7) is 5.84. The molecule has 7 heteroatoms. The van der Waals surface area contributed by atoms with Gasteiger partial charge in [0.25, 0.3) is 5.91 Å². The maximum Gasteiger partial charge on any atom is 0.343 e. The van der Waals surface area contributed by atoms with Crippen molar-refractivity contribution in [2.75, 3.05) is 0 Å². The topological polar surface area (TPSA) is 93.7 Å². The smallest absolute Gasteiger partial charge is 0.343 e. The third kappa shape index (κ3) is 6.85. The predicted molar refractivity (Wildman–Crippen MR) is 144 cm³/mol. The zero-order valence-corrected chi connectivity index (χ0v) is 21.4. The summed E-state index contributed by atoms with van der Waals surface area (Å²) in [6.07, 6.45) is 6.38. The molecule has 38 heavy (non-hydrogen) atoms. The molecular formula is C31H28N2O5. The zero-order chi connectivity index (χ0) is 27.1. The highest BCUT2D eigenvalue weighted by atomic mass is 16.5. The first-order chi connectivity index (χ1) is 18.2. The molecule has 192 valence electrons. The van der Waals surface area contributed by atoms with Crippen molar-refractivity contribution in [1.82, 2.24) is 10.6 Å². The standard InChI is InChI=1S/C31H28N2O5/c1-31(2,3)38-25-17-15-23(16-18-25)29(35)33-26-20-32-19-7-10-27(26)37-30(36)24-13-11-22(12-14-24)28(34)21-8-5-4-6-9-21/h4-20,32H,1-3H3,(H,33,35). The third-order valence-corrected chi connectivity index (χ3v) is 5.34. The second-order valence-electron chi connectivity index (χ2n) is 9.47. The van der Waals surface area contributed by atoms with E-state index in [0.717, 1.165) is 0 Å². The molecule has 1 aliphatic heterocycles. The Kier molecular flexibility index (Phi) is 7.87. The van der Waals surface area contributed by atoms with Gasteiger partial charge in [-0.2, -0.15) is 0 Å². The van der Waals surface area contributed by atoms with Gasteiger partial charge < -0.3 is 20.1 Å². The molecule has 0 radical (unpaired) electrons. The number of hydrogen-bond acceptors (Lipinski definition) is 6. The van der Waals surface area contributed by atoms with Crippen molar-refractivity contribution in [3.05, 3.63) is 137 Å². The SMILES string of the molecule is CC(C)(C)Oc1ccc(C(=O)NC2=CNC=CC=C2OC(=O)c2ccc(C(=O)c3ccccc3)cc2)cc1. The van der Waals surface area contributed by atoms with Crippen molar-refractivity contribution in [3.63, 3.8) is 0 Å². The van der Waals surface area contributed by atoms with Crippen molar-refractivity contribution in [1.29, 1.82) is 0 Å². The fourth-order valence-corrected chi connectivity index (χ4v) is 3.57. The molecule has 1 heterocycles. The van der Waals surface area contributed by atoms with E-state index in [1.54, 1.807) is 79.0 Å². The highest BCUT2D eigenvalue weighted by Crippen LogP contribution is 2.20. The number of carbonyl (C=O) groups excluding carboxylic acids is 3. The minimum absolute atomic E-state index is 0.140. The maximum absolute atomic E-state index is 12.9. The van der Waals surface area contributed by atoms with Gasteiger partial charge in [0.15, 0.2) is 11.5 Å². The van der Waals surface area contributed by atoms with Gasteiger partial charge >= 0.3 is 5.97 Å². The number of allylic oxidation sites excluding steroid dienone is 2. The number of hydrogen-bond donors (Lipinski definition) is 2. The van der Waals surface area contributed by atoms with Crippen LogP contribution in [-0.2, 0) is 4.74 Å². The molecule has 1 aliphatic rings. The third-order valence-electron chi connectivity index (χ3n) is 5.34. The Morgan fingerprint density at radius 2 is 1.37 bits per heavy atom. The maximum atomic E-state index is 12.9. The molecule has 2 N–H and O–H groups in total. The van der Waals surface area contributed by atoms with Crippen molar-refractivity contribution in [3.8, 4) is 5.75 Å². The summed E-state index contributed by atoms with van der Waals surface area (Å²) in [4.78, 5) is 38.4. The highest BCUT2D eigenvalue weighted by Gasteiger charge is 2.19. The summed E-state index contributed by atoms with van der Waals surface area (Å²) in [5.74, 6) is -0.345. The second-order valence-corrected chi connectivity index (χ2v) is 9.47. The number of ether oxygens (including phenoxy) is 2. The largest absolute Gasteiger partial charge is 0.488 e. The van der Waals surface area contributed by atoms with Crippen LogP contribution in [0.15, 0.2) is 115 Å². The van der Waals surface area contributed by atoms with Gasteiger partial charge in [0.05, 0.1) is 5.56 Å². The first kappa shape index (κ1) is 26.2. The molecular weight excluding hydrogens is 480 g/mol. The van der Waals surface area contributed by atoms with Crippen LogP contribution in [0.25, 0.3) is 0 Å². The molecule has 0 aliphatic carbocycles. The molecule has 0 atom stereocenters. The Morgan fingerprint density at radius 3 is 2.03 bits per heavy atom. The van der Waals surface area contributed by atoms with Gasteiger partial charge in [0.2, 0.25) is 0 Å². The van der Waals surface area contributed by atoms with E-state index in [1.807, 2.05) is 26.8 Å². The van der Waals surface area contributed by atoms with Crippen molar-refractivity contribution < 1.29 is 23.9 Å². The van der Waals surface area contributed by atoms with Gasteiger partial charge in [0, 0.05) is 29.1 Å². The van der Waals surface area contributed by atoms with E-state index in [2.05, 4.69) is 10.6 Å². The lowest BCUT2D eigenvalue weighted by atomic mass is 10.0. The summed E-state index contributed by atoms with van der Waals surface area (Å²) in [5, 5.41) is 5.69. The fourth-order valence-electron chi connectivity index (χ4n) is 3.57. The Labute approximate surface area is 221 Å². The normalized spacial score (nSPS) is 12.8. The second kappa shape index (κ2) is 11.4. The fraction of sp³-hybridized carbons (Fsp3) is 0.129. The molecule has 3 aromatic carbocycles. The summed E-state index contributed by atoms with van der Waals surface area (Å²) in [5.41, 5.74) is 1.62. The Balaban J connectivity index is 1.43. The number of carbonyl (C=O) groups is 3. The Bertz CT molecular complexity index is 1410. The van der Waals surface area contributed by atoms with E-state index in [0.29, 0.717) is 22.4 Å². The number of ketones is 1. The van der Waals surface area contributed by atoms with Crippen LogP contribution in [0.1, 0.15) is 57.4 Å². The number of esters is 1. The predicted octanol–water partition coefficient (Wildman–Crippen LogP) is 5.52. The monoisotopic (exact) mass is 508 g/mol. The molecule has 0 bridgehead atoms. The minimum atomic E-state index is -0.630. The van der Waals surface area contributed by atoms with Crippen LogP contribution in [0.5, 0.6) is 5.75 Å². The average Bonchev–Trinajstić information content (AvgIpc) is 3.13. The Hall–Kier alpha value is -4.91. The van der Waals surface area contributed by atoms with E-state index in [1.165, 1.54) is 18.3 Å². The number of benzene rings is 3. The van der Waals surface area contributed by atoms with Gasteiger partial charge in [-0.1, -0.05) is 42.5 Å². The van der Waals surface area contributed by atoms with Crippen LogP contribution in [0.4, 0.5) is 0 Å². The zero-order valence-electron chi connectivity index (χ0n) is 21.4. The lowest BCUT2D eigenvalue weighted by Crippen LogP contribution is -2.26. The highest BCUT2D eigenvalue weighted by molar-refractivity contribution is 6.09. The molecule has 0 fully saturated rings. The molecule has 3 aromatic rings. The number of amides is 1. The summed E-state index contributed by atoms with van der Waals surface area (Å²) in [7, 11) is 0. The molecule has 0 spiro atoms. The average molecular weight is 509 g/mol. The van der Waals surface area contributed by atoms with Crippen molar-refractivity contribution in [2.24, 2.45) is 0 Å². The molecule has 7 nitrogen and oxygen atoms in total.